The summed E-state index contributed by atoms with van der Waals surface area (Å²) in [5.41, 5.74) is 4.63. The van der Waals surface area contributed by atoms with Crippen molar-refractivity contribution in [1.29, 1.82) is 0 Å². The number of benzene rings is 3. The normalized spacial score (nSPS) is 16.0. The maximum atomic E-state index is 13.5. The SMILES string of the molecule is COc1ccc2c(=O)cc(C(=O)NC(C=C3CCN(c4ccccc4CN4CCCCC4=O)CC3)Cc3ccc(Cl)cc3)oc2c1. The third-order valence-corrected chi connectivity index (χ3v) is 9.05. The second kappa shape index (κ2) is 14.3. The molecule has 2 saturated heterocycles. The number of nitrogens with one attached hydrogen (secondary N) is 1. The van der Waals surface area contributed by atoms with Gasteiger partial charge in [0.15, 0.2) is 11.2 Å². The number of likely N-dealkylation sites (tertiary alicyclic amines) is 1. The van der Waals surface area contributed by atoms with Crippen molar-refractivity contribution in [2.75, 3.05) is 31.6 Å². The summed E-state index contributed by atoms with van der Waals surface area (Å²) in [4.78, 5) is 43.2. The minimum atomic E-state index is -0.462. The van der Waals surface area contributed by atoms with Gasteiger partial charge in [-0.25, -0.2) is 0 Å². The summed E-state index contributed by atoms with van der Waals surface area (Å²) in [6.07, 6.45) is 7.04. The Balaban J connectivity index is 1.19. The van der Waals surface area contributed by atoms with Crippen LogP contribution in [0.5, 0.6) is 5.75 Å². The predicted octanol–water partition coefficient (Wildman–Crippen LogP) is 6.54. The zero-order chi connectivity index (χ0) is 32.0. The van der Waals surface area contributed by atoms with Gasteiger partial charge in [0.2, 0.25) is 5.91 Å². The lowest BCUT2D eigenvalue weighted by molar-refractivity contribution is -0.133. The average molecular weight is 640 g/mol. The predicted molar refractivity (Wildman–Crippen MR) is 181 cm³/mol. The number of carbonyl (C=O) groups excluding carboxylic acids is 2. The Morgan fingerprint density at radius 2 is 1.76 bits per heavy atom. The molecule has 2 aliphatic heterocycles. The first kappa shape index (κ1) is 31.4. The Labute approximate surface area is 273 Å². The van der Waals surface area contributed by atoms with E-state index >= 15 is 0 Å². The van der Waals surface area contributed by atoms with Gasteiger partial charge in [-0.15, -0.1) is 0 Å². The molecular formula is C37H38ClN3O5. The monoisotopic (exact) mass is 639 g/mol. The van der Waals surface area contributed by atoms with Crippen LogP contribution in [-0.2, 0) is 17.8 Å². The lowest BCUT2D eigenvalue weighted by atomic mass is 9.97. The lowest BCUT2D eigenvalue weighted by Crippen LogP contribution is -2.37. The molecule has 1 N–H and O–H groups in total. The summed E-state index contributed by atoms with van der Waals surface area (Å²) in [5, 5.41) is 4.13. The van der Waals surface area contributed by atoms with Gasteiger partial charge in [0.25, 0.3) is 5.91 Å². The molecule has 4 aromatic rings. The van der Waals surface area contributed by atoms with Crippen molar-refractivity contribution in [3.63, 3.8) is 0 Å². The van der Waals surface area contributed by atoms with Gasteiger partial charge in [0, 0.05) is 55.4 Å². The fourth-order valence-electron chi connectivity index (χ4n) is 6.31. The third-order valence-electron chi connectivity index (χ3n) is 8.80. The zero-order valence-corrected chi connectivity index (χ0v) is 26.7. The van der Waals surface area contributed by atoms with Gasteiger partial charge in [0.1, 0.15) is 11.3 Å². The lowest BCUT2D eigenvalue weighted by Gasteiger charge is -2.34. The Hall–Kier alpha value is -4.56. The van der Waals surface area contributed by atoms with Crippen LogP contribution in [0.25, 0.3) is 11.0 Å². The van der Waals surface area contributed by atoms with Crippen LogP contribution >= 0.6 is 11.6 Å². The summed E-state index contributed by atoms with van der Waals surface area (Å²) < 4.78 is 11.1. The van der Waals surface area contributed by atoms with Crippen molar-refractivity contribution in [3.05, 3.63) is 117 Å². The molecule has 8 nitrogen and oxygen atoms in total. The largest absolute Gasteiger partial charge is 0.497 e. The number of methoxy groups -OCH3 is 1. The highest BCUT2D eigenvalue weighted by atomic mass is 35.5. The number of ether oxygens (including phenoxy) is 1. The maximum Gasteiger partial charge on any atom is 0.287 e. The molecule has 0 bridgehead atoms. The van der Waals surface area contributed by atoms with Gasteiger partial charge >= 0.3 is 0 Å². The molecule has 2 amide bonds. The quantitative estimate of drug-likeness (QED) is 0.209. The van der Waals surface area contributed by atoms with Crippen molar-refractivity contribution in [2.45, 2.75) is 51.1 Å². The second-order valence-corrected chi connectivity index (χ2v) is 12.4. The number of carbonyl (C=O) groups is 2. The van der Waals surface area contributed by atoms with Gasteiger partial charge in [-0.3, -0.25) is 14.4 Å². The molecule has 3 aromatic carbocycles. The van der Waals surface area contributed by atoms with Crippen LogP contribution < -0.4 is 20.4 Å². The molecule has 46 heavy (non-hydrogen) atoms. The molecular weight excluding hydrogens is 602 g/mol. The summed E-state index contributed by atoms with van der Waals surface area (Å²) in [6.45, 7) is 3.12. The van der Waals surface area contributed by atoms with Gasteiger partial charge in [-0.05, 0) is 73.6 Å². The van der Waals surface area contributed by atoms with Crippen LogP contribution in [0.4, 0.5) is 5.69 Å². The van der Waals surface area contributed by atoms with E-state index in [1.807, 2.05) is 35.2 Å². The molecule has 238 valence electrons. The van der Waals surface area contributed by atoms with Gasteiger partial charge in [0.05, 0.1) is 18.5 Å². The molecule has 6 rings (SSSR count). The van der Waals surface area contributed by atoms with Gasteiger partial charge in [-0.2, -0.15) is 0 Å². The average Bonchev–Trinajstić information content (AvgIpc) is 3.07. The minimum absolute atomic E-state index is 0.0520. The number of para-hydroxylation sites is 1. The molecule has 0 radical (unpaired) electrons. The Morgan fingerprint density at radius 3 is 2.52 bits per heavy atom. The van der Waals surface area contributed by atoms with Gasteiger partial charge < -0.3 is 24.3 Å². The number of nitrogens with zero attached hydrogens (tertiary/aromatic N) is 2. The van der Waals surface area contributed by atoms with E-state index in [1.165, 1.54) is 30.0 Å². The van der Waals surface area contributed by atoms with Gasteiger partial charge in [-0.1, -0.05) is 53.6 Å². The molecule has 1 unspecified atom stereocenters. The van der Waals surface area contributed by atoms with E-state index in [9.17, 15) is 14.4 Å². The van der Waals surface area contributed by atoms with E-state index in [4.69, 9.17) is 20.8 Å². The zero-order valence-electron chi connectivity index (χ0n) is 26.0. The standard InChI is InChI=1S/C37H38ClN3O5/c1-45-30-13-14-31-33(42)23-35(46-34(31)22-30)37(44)39-29(20-25-9-11-28(38)12-10-25)21-26-15-18-40(19-16-26)32-7-3-2-6-27(32)24-41-17-5-4-8-36(41)43/h2-3,6-7,9-14,21-23,29H,4-5,8,15-20,24H2,1H3,(H,39,44). The van der Waals surface area contributed by atoms with E-state index in [0.717, 1.165) is 50.9 Å². The van der Waals surface area contributed by atoms with Crippen LogP contribution in [-0.4, -0.2) is 49.5 Å². The number of halogens is 1. The fourth-order valence-corrected chi connectivity index (χ4v) is 6.44. The fraction of sp³-hybridized carbons (Fsp3) is 0.324. The smallest absolute Gasteiger partial charge is 0.287 e. The number of anilines is 1. The van der Waals surface area contributed by atoms with E-state index in [2.05, 4.69) is 34.5 Å². The van der Waals surface area contributed by atoms with Crippen LogP contribution in [0.1, 0.15) is 53.8 Å². The van der Waals surface area contributed by atoms with Crippen molar-refractivity contribution in [3.8, 4) is 5.75 Å². The molecule has 9 heteroatoms. The Morgan fingerprint density at radius 1 is 0.978 bits per heavy atom. The number of rotatable bonds is 9. The highest BCUT2D eigenvalue weighted by Gasteiger charge is 2.23. The first-order valence-electron chi connectivity index (χ1n) is 15.8. The molecule has 2 fully saturated rings. The Kier molecular flexibility index (Phi) is 9.73. The number of amides is 2. The van der Waals surface area contributed by atoms with Crippen LogP contribution in [0.2, 0.25) is 5.02 Å². The highest BCUT2D eigenvalue weighted by molar-refractivity contribution is 6.30. The first-order valence-corrected chi connectivity index (χ1v) is 16.2. The Bertz CT molecular complexity index is 1810. The third kappa shape index (κ3) is 7.45. The molecule has 0 saturated carbocycles. The van der Waals surface area contributed by atoms with Crippen LogP contribution in [0, 0.1) is 0 Å². The maximum absolute atomic E-state index is 13.5. The van der Waals surface area contributed by atoms with Crippen molar-refractivity contribution in [2.24, 2.45) is 0 Å². The summed E-state index contributed by atoms with van der Waals surface area (Å²) in [5.74, 6) is 0.258. The summed E-state index contributed by atoms with van der Waals surface area (Å²) >= 11 is 6.13. The second-order valence-electron chi connectivity index (χ2n) is 12.0. The van der Waals surface area contributed by atoms with E-state index < -0.39 is 5.91 Å². The number of hydrogen-bond acceptors (Lipinski definition) is 6. The number of fused-ring (bicyclic) bond motifs is 1. The van der Waals surface area contributed by atoms with Crippen molar-refractivity contribution >= 4 is 40.1 Å². The minimum Gasteiger partial charge on any atom is -0.497 e. The molecule has 0 spiro atoms. The molecule has 3 heterocycles. The summed E-state index contributed by atoms with van der Waals surface area (Å²) in [6, 6.07) is 21.8. The highest BCUT2D eigenvalue weighted by Crippen LogP contribution is 2.29. The summed E-state index contributed by atoms with van der Waals surface area (Å²) in [7, 11) is 1.53. The topological polar surface area (TPSA) is 92.1 Å². The molecule has 0 aliphatic carbocycles. The van der Waals surface area contributed by atoms with Crippen molar-refractivity contribution < 1.29 is 18.7 Å². The van der Waals surface area contributed by atoms with Crippen LogP contribution in [0.15, 0.2) is 93.7 Å². The molecule has 2 aliphatic rings. The van der Waals surface area contributed by atoms with Crippen molar-refractivity contribution in [1.82, 2.24) is 10.2 Å². The molecule has 1 aromatic heterocycles. The number of piperidine rings is 2. The van der Waals surface area contributed by atoms with Crippen LogP contribution in [0.3, 0.4) is 0 Å². The van der Waals surface area contributed by atoms with E-state index in [-0.39, 0.29) is 23.1 Å². The van der Waals surface area contributed by atoms with E-state index in [1.54, 1.807) is 18.2 Å². The number of hydrogen-bond donors (Lipinski definition) is 1. The van der Waals surface area contributed by atoms with E-state index in [0.29, 0.717) is 41.1 Å². The first-order chi connectivity index (χ1) is 22.4. The molecule has 1 atom stereocenters.